The van der Waals surface area contributed by atoms with E-state index in [9.17, 15) is 4.79 Å². The van der Waals surface area contributed by atoms with Gasteiger partial charge in [-0.15, -0.1) is 0 Å². The molecule has 5 nitrogen and oxygen atoms in total. The van der Waals surface area contributed by atoms with Crippen LogP contribution in [0.5, 0.6) is 0 Å². The number of furan rings is 1. The Morgan fingerprint density at radius 3 is 2.83 bits per heavy atom. The van der Waals surface area contributed by atoms with Crippen LogP contribution < -0.4 is 10.6 Å². The Balaban J connectivity index is 1.66. The van der Waals surface area contributed by atoms with E-state index in [0.717, 1.165) is 42.7 Å². The topological polar surface area (TPSA) is 57.5 Å². The van der Waals surface area contributed by atoms with Gasteiger partial charge in [-0.3, -0.25) is 0 Å². The summed E-state index contributed by atoms with van der Waals surface area (Å²) in [5, 5.41) is 6.22. The molecule has 0 aliphatic heterocycles. The molecule has 24 heavy (non-hydrogen) atoms. The molecule has 3 rings (SSSR count). The second-order valence-corrected chi connectivity index (χ2v) is 6.59. The van der Waals surface area contributed by atoms with Crippen LogP contribution in [0.3, 0.4) is 0 Å². The fourth-order valence-corrected chi connectivity index (χ4v) is 3.28. The van der Waals surface area contributed by atoms with Crippen molar-refractivity contribution in [3.63, 3.8) is 0 Å². The summed E-state index contributed by atoms with van der Waals surface area (Å²) in [4.78, 5) is 14.6. The molecule has 1 aliphatic carbocycles. The van der Waals surface area contributed by atoms with Crippen molar-refractivity contribution >= 4 is 6.03 Å². The highest BCUT2D eigenvalue weighted by molar-refractivity contribution is 5.75. The van der Waals surface area contributed by atoms with Crippen molar-refractivity contribution in [3.8, 4) is 0 Å². The molecule has 0 radical (unpaired) electrons. The predicted molar refractivity (Wildman–Crippen MR) is 93.8 cm³/mol. The number of rotatable bonds is 5. The monoisotopic (exact) mass is 327 g/mol. The number of hydrogen-bond acceptors (Lipinski definition) is 3. The largest absolute Gasteiger partial charge is 0.469 e. The zero-order chi connectivity index (χ0) is 16.9. The van der Waals surface area contributed by atoms with Gasteiger partial charge in [0.25, 0.3) is 0 Å². The number of nitrogens with one attached hydrogen (secondary N) is 2. The van der Waals surface area contributed by atoms with Crippen LogP contribution in [0.4, 0.5) is 4.79 Å². The molecule has 5 heteroatoms. The first-order chi connectivity index (χ1) is 11.6. The number of benzene rings is 1. The summed E-state index contributed by atoms with van der Waals surface area (Å²) >= 11 is 0. The van der Waals surface area contributed by atoms with Crippen molar-refractivity contribution in [2.24, 2.45) is 0 Å². The van der Waals surface area contributed by atoms with Crippen LogP contribution in [0.25, 0.3) is 0 Å². The maximum absolute atomic E-state index is 12.5. The summed E-state index contributed by atoms with van der Waals surface area (Å²) in [5.74, 6) is 0.999. The summed E-state index contributed by atoms with van der Waals surface area (Å²) in [7, 11) is 4.02. The maximum Gasteiger partial charge on any atom is 0.315 e. The lowest BCUT2D eigenvalue weighted by molar-refractivity contribution is 0.227. The Morgan fingerprint density at radius 1 is 1.29 bits per heavy atom. The normalized spacial score (nSPS) is 18.0. The lowest BCUT2D eigenvalue weighted by atomic mass is 9.93. The first-order valence-corrected chi connectivity index (χ1v) is 8.46. The summed E-state index contributed by atoms with van der Waals surface area (Å²) in [5.41, 5.74) is 2.22. The summed E-state index contributed by atoms with van der Waals surface area (Å²) in [6.45, 7) is 0.749. The number of amides is 2. The fraction of sp³-hybridized carbons (Fsp3) is 0.421. The molecular weight excluding hydrogens is 302 g/mol. The minimum Gasteiger partial charge on any atom is -0.469 e. The Hall–Kier alpha value is -2.27. The minimum absolute atomic E-state index is 0.0308. The van der Waals surface area contributed by atoms with Crippen LogP contribution in [0.15, 0.2) is 47.1 Å². The van der Waals surface area contributed by atoms with Crippen molar-refractivity contribution in [2.45, 2.75) is 31.3 Å². The third-order valence-electron chi connectivity index (χ3n) is 4.41. The van der Waals surface area contributed by atoms with Crippen LogP contribution in [-0.2, 0) is 6.42 Å². The van der Waals surface area contributed by atoms with Crippen LogP contribution in [0.1, 0.15) is 41.8 Å². The molecule has 0 spiro atoms. The van der Waals surface area contributed by atoms with E-state index in [1.54, 1.807) is 6.26 Å². The van der Waals surface area contributed by atoms with Gasteiger partial charge in [-0.2, -0.15) is 0 Å². The number of hydrogen-bond donors (Lipinski definition) is 2. The molecule has 1 aromatic heterocycles. The Morgan fingerprint density at radius 2 is 2.08 bits per heavy atom. The third kappa shape index (κ3) is 3.97. The SMILES string of the molecule is CN(C)CC(NC(=O)NC1CCCc2occc21)c1ccccc1. The van der Waals surface area contributed by atoms with E-state index in [1.165, 1.54) is 0 Å². The molecule has 1 heterocycles. The summed E-state index contributed by atoms with van der Waals surface area (Å²) < 4.78 is 5.49. The van der Waals surface area contributed by atoms with E-state index >= 15 is 0 Å². The molecule has 2 N–H and O–H groups in total. The van der Waals surface area contributed by atoms with Gasteiger partial charge < -0.3 is 20.0 Å². The first-order valence-electron chi connectivity index (χ1n) is 8.46. The van der Waals surface area contributed by atoms with E-state index in [1.807, 2.05) is 50.5 Å². The van der Waals surface area contributed by atoms with Crippen molar-refractivity contribution in [3.05, 3.63) is 59.5 Å². The second kappa shape index (κ2) is 7.53. The highest BCUT2D eigenvalue weighted by Gasteiger charge is 2.25. The highest BCUT2D eigenvalue weighted by atomic mass is 16.3. The van der Waals surface area contributed by atoms with Crippen LogP contribution in [0, 0.1) is 0 Å². The van der Waals surface area contributed by atoms with Crippen LogP contribution in [0.2, 0.25) is 0 Å². The van der Waals surface area contributed by atoms with Crippen molar-refractivity contribution in [1.82, 2.24) is 15.5 Å². The first kappa shape index (κ1) is 16.6. The molecule has 128 valence electrons. The van der Waals surface area contributed by atoms with E-state index in [-0.39, 0.29) is 18.1 Å². The lowest BCUT2D eigenvalue weighted by Crippen LogP contribution is -2.43. The average Bonchev–Trinajstić information content (AvgIpc) is 3.04. The molecule has 0 bridgehead atoms. The number of urea groups is 1. The molecule has 2 aromatic rings. The number of carbonyl (C=O) groups excluding carboxylic acids is 1. The van der Waals surface area contributed by atoms with Gasteiger partial charge in [0.1, 0.15) is 5.76 Å². The summed E-state index contributed by atoms with van der Waals surface area (Å²) in [6.07, 6.45) is 4.64. The number of carbonyl (C=O) groups is 1. The van der Waals surface area contributed by atoms with Gasteiger partial charge in [0.05, 0.1) is 18.3 Å². The lowest BCUT2D eigenvalue weighted by Gasteiger charge is -2.26. The molecule has 0 saturated carbocycles. The van der Waals surface area contributed by atoms with Crippen LogP contribution in [-0.4, -0.2) is 31.6 Å². The second-order valence-electron chi connectivity index (χ2n) is 6.59. The maximum atomic E-state index is 12.5. The number of likely N-dealkylation sites (N-methyl/N-ethyl adjacent to an activating group) is 1. The van der Waals surface area contributed by atoms with E-state index < -0.39 is 0 Å². The number of fused-ring (bicyclic) bond motifs is 1. The van der Waals surface area contributed by atoms with Gasteiger partial charge in [0.15, 0.2) is 0 Å². The quantitative estimate of drug-likeness (QED) is 0.886. The Bertz CT molecular complexity index is 666. The number of aryl methyl sites for hydroxylation is 1. The van der Waals surface area contributed by atoms with E-state index in [4.69, 9.17) is 4.42 Å². The smallest absolute Gasteiger partial charge is 0.315 e. The van der Waals surface area contributed by atoms with Gasteiger partial charge in [-0.25, -0.2) is 4.79 Å². The zero-order valence-electron chi connectivity index (χ0n) is 14.3. The highest BCUT2D eigenvalue weighted by Crippen LogP contribution is 2.30. The average molecular weight is 327 g/mol. The Labute approximate surface area is 143 Å². The van der Waals surface area contributed by atoms with Crippen molar-refractivity contribution in [1.29, 1.82) is 0 Å². The minimum atomic E-state index is -0.134. The summed E-state index contributed by atoms with van der Waals surface area (Å²) in [6, 6.07) is 11.9. The van der Waals surface area contributed by atoms with Gasteiger partial charge in [0.2, 0.25) is 0 Å². The molecule has 2 unspecified atom stereocenters. The fourth-order valence-electron chi connectivity index (χ4n) is 3.28. The van der Waals surface area contributed by atoms with Crippen molar-refractivity contribution < 1.29 is 9.21 Å². The molecular formula is C19H25N3O2. The molecule has 2 amide bonds. The third-order valence-corrected chi connectivity index (χ3v) is 4.41. The van der Waals surface area contributed by atoms with Crippen LogP contribution >= 0.6 is 0 Å². The van der Waals surface area contributed by atoms with Gasteiger partial charge >= 0.3 is 6.03 Å². The van der Waals surface area contributed by atoms with Gasteiger partial charge in [0, 0.05) is 18.5 Å². The molecule has 2 atom stereocenters. The molecule has 1 aromatic carbocycles. The van der Waals surface area contributed by atoms with E-state index in [2.05, 4.69) is 15.5 Å². The van der Waals surface area contributed by atoms with Crippen molar-refractivity contribution in [2.75, 3.05) is 20.6 Å². The molecule has 0 fully saturated rings. The van der Waals surface area contributed by atoms with Gasteiger partial charge in [-0.1, -0.05) is 30.3 Å². The molecule has 0 saturated heterocycles. The standard InChI is InChI=1S/C19H25N3O2/c1-22(2)13-17(14-7-4-3-5-8-14)21-19(23)20-16-9-6-10-18-15(16)11-12-24-18/h3-5,7-8,11-12,16-17H,6,9-10,13H2,1-2H3,(H2,20,21,23). The number of nitrogens with zero attached hydrogens (tertiary/aromatic N) is 1. The van der Waals surface area contributed by atoms with Gasteiger partial charge in [-0.05, 0) is 38.6 Å². The van der Waals surface area contributed by atoms with E-state index in [0.29, 0.717) is 0 Å². The predicted octanol–water partition coefficient (Wildman–Crippen LogP) is 3.26. The zero-order valence-corrected chi connectivity index (χ0v) is 14.3. The molecule has 1 aliphatic rings. The Kier molecular flexibility index (Phi) is 5.20.